The molecule has 0 amide bonds. The van der Waals surface area contributed by atoms with Crippen LogP contribution in [0.1, 0.15) is 70.1 Å². The summed E-state index contributed by atoms with van der Waals surface area (Å²) in [5, 5.41) is 1.45. The van der Waals surface area contributed by atoms with Crippen molar-refractivity contribution in [1.29, 1.82) is 0 Å². The Balaban J connectivity index is 1.26. The normalized spacial score (nSPS) is 24.0. The second-order valence-electron chi connectivity index (χ2n) is 10.1. The molecule has 2 N–H and O–H groups in total. The molecule has 3 heterocycles. The van der Waals surface area contributed by atoms with Crippen LogP contribution >= 0.6 is 0 Å². The van der Waals surface area contributed by atoms with Crippen LogP contribution in [0.4, 0.5) is 0 Å². The van der Waals surface area contributed by atoms with E-state index in [-0.39, 0.29) is 0 Å². The third kappa shape index (κ3) is 5.06. The minimum atomic E-state index is 0.294. The summed E-state index contributed by atoms with van der Waals surface area (Å²) in [4.78, 5) is 2.69. The van der Waals surface area contributed by atoms with E-state index >= 15 is 0 Å². The van der Waals surface area contributed by atoms with Crippen LogP contribution in [-0.4, -0.2) is 35.1 Å². The van der Waals surface area contributed by atoms with Gasteiger partial charge in [0.15, 0.2) is 0 Å². The number of nitrogens with zero attached hydrogens (tertiary/aromatic N) is 2. The van der Waals surface area contributed by atoms with Gasteiger partial charge >= 0.3 is 0 Å². The number of likely N-dealkylation sites (tertiary alicyclic amines) is 1. The number of rotatable bonds is 8. The number of aryl methyl sites for hydroxylation is 1. The fourth-order valence-electron chi connectivity index (χ4n) is 6.02. The quantitative estimate of drug-likeness (QED) is 0.608. The maximum atomic E-state index is 6.63. The maximum Gasteiger partial charge on any atom is 0.0485 e. The van der Waals surface area contributed by atoms with E-state index in [0.717, 1.165) is 24.7 Å². The van der Waals surface area contributed by atoms with Gasteiger partial charge in [-0.15, -0.1) is 0 Å². The molecule has 1 aromatic heterocycles. The molecule has 1 fully saturated rings. The highest BCUT2D eigenvalue weighted by Crippen LogP contribution is 2.31. The first-order valence-electron chi connectivity index (χ1n) is 12.2. The topological polar surface area (TPSA) is 34.2 Å². The van der Waals surface area contributed by atoms with Gasteiger partial charge in [0.25, 0.3) is 0 Å². The first-order chi connectivity index (χ1) is 14.1. The van der Waals surface area contributed by atoms with Crippen LogP contribution in [0.2, 0.25) is 0 Å². The fourth-order valence-corrected chi connectivity index (χ4v) is 6.02. The predicted molar refractivity (Wildman–Crippen MR) is 124 cm³/mol. The molecule has 1 saturated heterocycles. The number of fused-ring (bicyclic) bond motifs is 3. The lowest BCUT2D eigenvalue weighted by molar-refractivity contribution is 0.138. The summed E-state index contributed by atoms with van der Waals surface area (Å²) in [5.74, 6) is 1.74. The zero-order valence-corrected chi connectivity index (χ0v) is 18.7. The van der Waals surface area contributed by atoms with Crippen molar-refractivity contribution in [2.24, 2.45) is 17.6 Å². The third-order valence-corrected chi connectivity index (χ3v) is 7.20. The Hall–Kier alpha value is -1.32. The van der Waals surface area contributed by atoms with E-state index in [1.165, 1.54) is 82.0 Å². The van der Waals surface area contributed by atoms with Crippen LogP contribution in [-0.2, 0) is 19.4 Å². The molecule has 0 radical (unpaired) electrons. The summed E-state index contributed by atoms with van der Waals surface area (Å²) in [6, 6.07) is 9.26. The number of unbranched alkanes of at least 4 members (excludes halogenated alkanes) is 2. The van der Waals surface area contributed by atoms with E-state index < -0.39 is 0 Å². The second kappa shape index (κ2) is 9.66. The first-order valence-corrected chi connectivity index (χ1v) is 12.2. The number of benzene rings is 1. The van der Waals surface area contributed by atoms with Crippen LogP contribution < -0.4 is 5.73 Å². The lowest BCUT2D eigenvalue weighted by Gasteiger charge is -2.35. The van der Waals surface area contributed by atoms with Gasteiger partial charge < -0.3 is 15.2 Å². The van der Waals surface area contributed by atoms with E-state index in [1.807, 2.05) is 0 Å². The Bertz CT molecular complexity index is 783. The molecule has 0 saturated carbocycles. The number of hydrogen-bond donors (Lipinski definition) is 1. The molecule has 29 heavy (non-hydrogen) atoms. The van der Waals surface area contributed by atoms with Crippen LogP contribution in [0.3, 0.4) is 0 Å². The molecule has 2 aliphatic heterocycles. The average molecular weight is 396 g/mol. The molecule has 2 aromatic rings. The number of aromatic nitrogens is 1. The van der Waals surface area contributed by atoms with Crippen LogP contribution in [0, 0.1) is 11.8 Å². The van der Waals surface area contributed by atoms with Crippen molar-refractivity contribution in [1.82, 2.24) is 9.47 Å². The summed E-state index contributed by atoms with van der Waals surface area (Å²) < 4.78 is 2.57. The Kier molecular flexibility index (Phi) is 6.97. The molecule has 3 nitrogen and oxygen atoms in total. The number of piperidine rings is 1. The summed E-state index contributed by atoms with van der Waals surface area (Å²) in [7, 11) is 0. The van der Waals surface area contributed by atoms with Gasteiger partial charge in [0, 0.05) is 42.3 Å². The maximum absolute atomic E-state index is 6.63. The highest BCUT2D eigenvalue weighted by molar-refractivity contribution is 5.85. The largest absolute Gasteiger partial charge is 0.344 e. The van der Waals surface area contributed by atoms with E-state index in [4.69, 9.17) is 5.73 Å². The fraction of sp³-hybridized carbons (Fsp3) is 0.692. The zero-order valence-electron chi connectivity index (χ0n) is 18.7. The lowest BCUT2D eigenvalue weighted by Crippen LogP contribution is -2.39. The molecule has 3 unspecified atom stereocenters. The minimum Gasteiger partial charge on any atom is -0.344 e. The van der Waals surface area contributed by atoms with Crippen molar-refractivity contribution in [3.63, 3.8) is 0 Å². The van der Waals surface area contributed by atoms with Crippen LogP contribution in [0.15, 0.2) is 24.3 Å². The molecular weight excluding hydrogens is 354 g/mol. The van der Waals surface area contributed by atoms with Crippen molar-refractivity contribution in [2.75, 3.05) is 19.6 Å². The molecular formula is C26H41N3. The first kappa shape index (κ1) is 20.9. The Morgan fingerprint density at radius 1 is 1.03 bits per heavy atom. The molecule has 0 spiro atoms. The van der Waals surface area contributed by atoms with E-state index in [1.54, 1.807) is 11.3 Å². The van der Waals surface area contributed by atoms with Crippen molar-refractivity contribution >= 4 is 10.9 Å². The van der Waals surface area contributed by atoms with Crippen molar-refractivity contribution < 1.29 is 0 Å². The van der Waals surface area contributed by atoms with Gasteiger partial charge in [0.05, 0.1) is 0 Å². The molecule has 1 aromatic carbocycles. The van der Waals surface area contributed by atoms with Crippen molar-refractivity contribution in [3.05, 3.63) is 35.5 Å². The van der Waals surface area contributed by atoms with Gasteiger partial charge in [0.1, 0.15) is 0 Å². The highest BCUT2D eigenvalue weighted by Gasteiger charge is 2.22. The number of para-hydroxylation sites is 1. The molecule has 2 aliphatic rings. The number of nitrogens with two attached hydrogens (primary N) is 1. The van der Waals surface area contributed by atoms with Gasteiger partial charge in [0.2, 0.25) is 0 Å². The van der Waals surface area contributed by atoms with Gasteiger partial charge in [-0.2, -0.15) is 0 Å². The minimum absolute atomic E-state index is 0.294. The Labute approximate surface area is 177 Å². The highest BCUT2D eigenvalue weighted by atomic mass is 15.1. The molecule has 3 heteroatoms. The summed E-state index contributed by atoms with van der Waals surface area (Å²) in [6.45, 7) is 9.88. The van der Waals surface area contributed by atoms with Crippen molar-refractivity contribution in [3.8, 4) is 0 Å². The van der Waals surface area contributed by atoms with Crippen LogP contribution in [0.5, 0.6) is 0 Å². The molecule has 4 rings (SSSR count). The Morgan fingerprint density at radius 2 is 1.83 bits per heavy atom. The van der Waals surface area contributed by atoms with E-state index in [0.29, 0.717) is 6.04 Å². The summed E-state index contributed by atoms with van der Waals surface area (Å²) in [6.07, 6.45) is 11.4. The number of hydrogen-bond acceptors (Lipinski definition) is 2. The van der Waals surface area contributed by atoms with Crippen LogP contribution in [0.25, 0.3) is 10.9 Å². The summed E-state index contributed by atoms with van der Waals surface area (Å²) >= 11 is 0. The zero-order chi connectivity index (χ0) is 20.2. The monoisotopic (exact) mass is 395 g/mol. The average Bonchev–Trinajstić information content (AvgIpc) is 3.01. The third-order valence-electron chi connectivity index (χ3n) is 7.20. The Morgan fingerprint density at radius 3 is 2.66 bits per heavy atom. The molecule has 160 valence electrons. The van der Waals surface area contributed by atoms with Gasteiger partial charge in [-0.1, -0.05) is 44.9 Å². The second-order valence-corrected chi connectivity index (χ2v) is 10.1. The molecule has 3 atom stereocenters. The standard InChI is InChI=1S/C26H41N3/c1-20-16-21(2)19-28(18-20)14-8-3-4-10-22(27)17-24-23-11-5-6-12-25(23)29-15-9-7-13-26(24)29/h5-6,11-12,20-22H,3-4,7-10,13-19,27H2,1-2H3. The van der Waals surface area contributed by atoms with Gasteiger partial charge in [-0.25, -0.2) is 0 Å². The molecule has 0 bridgehead atoms. The van der Waals surface area contributed by atoms with E-state index in [9.17, 15) is 0 Å². The van der Waals surface area contributed by atoms with Gasteiger partial charge in [-0.05, 0) is 75.0 Å². The molecule has 0 aliphatic carbocycles. The summed E-state index contributed by atoms with van der Waals surface area (Å²) in [5.41, 5.74) is 11.2. The van der Waals surface area contributed by atoms with Gasteiger partial charge in [-0.3, -0.25) is 0 Å². The lowest BCUT2D eigenvalue weighted by atomic mass is 9.91. The van der Waals surface area contributed by atoms with Crippen molar-refractivity contribution in [2.45, 2.75) is 84.2 Å². The predicted octanol–water partition coefficient (Wildman–Crippen LogP) is 5.39. The van der Waals surface area contributed by atoms with E-state index in [2.05, 4.69) is 47.6 Å². The SMILES string of the molecule is CC1CC(C)CN(CCCCCC(N)Cc2c3n(c4ccccc24)CCCC3)C1. The smallest absolute Gasteiger partial charge is 0.0485 e.